The van der Waals surface area contributed by atoms with Crippen molar-refractivity contribution in [1.29, 1.82) is 0 Å². The van der Waals surface area contributed by atoms with Crippen LogP contribution < -0.4 is 19.7 Å². The second-order valence-electron chi connectivity index (χ2n) is 8.70. The first-order valence-electron chi connectivity index (χ1n) is 12.3. The lowest BCUT2D eigenvalue weighted by atomic mass is 10.1. The molecule has 0 bridgehead atoms. The Balaban J connectivity index is 1.56. The highest BCUT2D eigenvalue weighted by molar-refractivity contribution is 6.22. The van der Waals surface area contributed by atoms with E-state index >= 15 is 0 Å². The standard InChI is InChI=1S/C29H29N3O7/c1-4-39-28(35)20-10-12-21(13-11-20)30-26(33)17-25-27(34)32(22-6-5-7-24(16-22)38-3)29(36)31(25)18-19-8-14-23(37-2)15-9-19/h5-16,25H,4,17-18H2,1-3H3,(H,30,33)/t25-/m1/s1. The molecule has 1 aliphatic rings. The van der Waals surface area contributed by atoms with Crippen molar-refractivity contribution >= 4 is 35.2 Å². The molecule has 0 unspecified atom stereocenters. The van der Waals surface area contributed by atoms with Crippen LogP contribution in [0, 0.1) is 0 Å². The smallest absolute Gasteiger partial charge is 0.338 e. The van der Waals surface area contributed by atoms with Crippen molar-refractivity contribution in [2.24, 2.45) is 0 Å². The van der Waals surface area contributed by atoms with Gasteiger partial charge in [0.15, 0.2) is 0 Å². The first-order valence-corrected chi connectivity index (χ1v) is 12.3. The minimum absolute atomic E-state index is 0.112. The third-order valence-electron chi connectivity index (χ3n) is 6.20. The van der Waals surface area contributed by atoms with Gasteiger partial charge in [-0.15, -0.1) is 0 Å². The molecule has 1 fully saturated rings. The zero-order valence-electron chi connectivity index (χ0n) is 21.9. The quantitative estimate of drug-likeness (QED) is 0.307. The van der Waals surface area contributed by atoms with Crippen LogP contribution in [-0.2, 0) is 20.9 Å². The largest absolute Gasteiger partial charge is 0.497 e. The van der Waals surface area contributed by atoms with E-state index in [1.54, 1.807) is 86.8 Å². The lowest BCUT2D eigenvalue weighted by Crippen LogP contribution is -2.37. The summed E-state index contributed by atoms with van der Waals surface area (Å²) in [4.78, 5) is 54.4. The van der Waals surface area contributed by atoms with Crippen LogP contribution in [0.15, 0.2) is 72.8 Å². The number of methoxy groups -OCH3 is 2. The Labute approximate surface area is 226 Å². The van der Waals surface area contributed by atoms with Gasteiger partial charge in [0.05, 0.1) is 38.5 Å². The van der Waals surface area contributed by atoms with Gasteiger partial charge in [-0.2, -0.15) is 0 Å². The second kappa shape index (κ2) is 12.1. The van der Waals surface area contributed by atoms with E-state index in [0.29, 0.717) is 28.4 Å². The molecule has 10 heteroatoms. The molecule has 1 aliphatic heterocycles. The van der Waals surface area contributed by atoms with Crippen LogP contribution >= 0.6 is 0 Å². The SMILES string of the molecule is CCOC(=O)c1ccc(NC(=O)C[C@@H]2C(=O)N(c3cccc(OC)c3)C(=O)N2Cc2ccc(OC)cc2)cc1. The van der Waals surface area contributed by atoms with Crippen molar-refractivity contribution in [2.45, 2.75) is 25.9 Å². The second-order valence-corrected chi connectivity index (χ2v) is 8.70. The molecule has 1 heterocycles. The normalized spacial score (nSPS) is 14.8. The zero-order chi connectivity index (χ0) is 27.9. The molecule has 10 nitrogen and oxygen atoms in total. The number of anilines is 2. The van der Waals surface area contributed by atoms with Crippen LogP contribution in [0.3, 0.4) is 0 Å². The number of carbonyl (C=O) groups excluding carboxylic acids is 4. The van der Waals surface area contributed by atoms with Gasteiger partial charge in [0.1, 0.15) is 17.5 Å². The van der Waals surface area contributed by atoms with E-state index in [9.17, 15) is 19.2 Å². The van der Waals surface area contributed by atoms with Crippen LogP contribution in [0.5, 0.6) is 11.5 Å². The predicted molar refractivity (Wildman–Crippen MR) is 144 cm³/mol. The minimum Gasteiger partial charge on any atom is -0.497 e. The molecule has 1 N–H and O–H groups in total. The summed E-state index contributed by atoms with van der Waals surface area (Å²) in [6, 6.07) is 18.4. The number of nitrogens with one attached hydrogen (secondary N) is 1. The van der Waals surface area contributed by atoms with Gasteiger partial charge in [-0.25, -0.2) is 14.5 Å². The maximum Gasteiger partial charge on any atom is 0.338 e. The lowest BCUT2D eigenvalue weighted by molar-refractivity contribution is -0.124. The Hall–Kier alpha value is -4.86. The van der Waals surface area contributed by atoms with Crippen molar-refractivity contribution < 1.29 is 33.4 Å². The van der Waals surface area contributed by atoms with Crippen molar-refractivity contribution in [3.05, 3.63) is 83.9 Å². The van der Waals surface area contributed by atoms with Gasteiger partial charge in [-0.3, -0.25) is 9.59 Å². The molecule has 4 rings (SSSR count). The molecule has 1 atom stereocenters. The molecule has 4 amide bonds. The molecule has 3 aromatic carbocycles. The Kier molecular flexibility index (Phi) is 8.45. The van der Waals surface area contributed by atoms with E-state index in [2.05, 4.69) is 5.32 Å². The van der Waals surface area contributed by atoms with Gasteiger partial charge in [-0.05, 0) is 61.0 Å². The first kappa shape index (κ1) is 27.2. The number of hydrogen-bond donors (Lipinski definition) is 1. The summed E-state index contributed by atoms with van der Waals surface area (Å²) in [7, 11) is 3.05. The maximum atomic E-state index is 13.6. The summed E-state index contributed by atoms with van der Waals surface area (Å²) in [5.74, 6) is -0.295. The summed E-state index contributed by atoms with van der Waals surface area (Å²) in [5.41, 5.74) is 1.91. The number of urea groups is 1. The number of carbonyl (C=O) groups is 4. The molecule has 1 saturated heterocycles. The van der Waals surface area contributed by atoms with E-state index in [1.807, 2.05) is 0 Å². The van der Waals surface area contributed by atoms with Crippen molar-refractivity contribution in [2.75, 3.05) is 31.0 Å². The fraction of sp³-hybridized carbons (Fsp3) is 0.241. The summed E-state index contributed by atoms with van der Waals surface area (Å²) in [6.45, 7) is 2.08. The van der Waals surface area contributed by atoms with Gasteiger partial charge < -0.3 is 24.4 Å². The highest BCUT2D eigenvalue weighted by Gasteiger charge is 2.46. The predicted octanol–water partition coefficient (Wildman–Crippen LogP) is 4.25. The number of imide groups is 1. The number of esters is 1. The maximum absolute atomic E-state index is 13.6. The van der Waals surface area contributed by atoms with Gasteiger partial charge in [0.25, 0.3) is 5.91 Å². The topological polar surface area (TPSA) is 114 Å². The highest BCUT2D eigenvalue weighted by Crippen LogP contribution is 2.31. The fourth-order valence-electron chi connectivity index (χ4n) is 4.22. The van der Waals surface area contributed by atoms with Gasteiger partial charge >= 0.3 is 12.0 Å². The van der Waals surface area contributed by atoms with Crippen molar-refractivity contribution in [3.63, 3.8) is 0 Å². The molecule has 39 heavy (non-hydrogen) atoms. The average Bonchev–Trinajstić information content (AvgIpc) is 3.17. The van der Waals surface area contributed by atoms with Gasteiger partial charge in [-0.1, -0.05) is 18.2 Å². The number of amides is 4. The van der Waals surface area contributed by atoms with E-state index in [-0.39, 0.29) is 19.6 Å². The monoisotopic (exact) mass is 531 g/mol. The minimum atomic E-state index is -1.04. The molecule has 202 valence electrons. The Morgan fingerprint density at radius 3 is 2.23 bits per heavy atom. The average molecular weight is 532 g/mol. The van der Waals surface area contributed by atoms with Crippen LogP contribution in [-0.4, -0.2) is 55.6 Å². The highest BCUT2D eigenvalue weighted by atomic mass is 16.5. The van der Waals surface area contributed by atoms with E-state index in [0.717, 1.165) is 10.5 Å². The summed E-state index contributed by atoms with van der Waals surface area (Å²) in [6.07, 6.45) is -0.263. The molecule has 0 aliphatic carbocycles. The fourth-order valence-corrected chi connectivity index (χ4v) is 4.22. The van der Waals surface area contributed by atoms with Crippen LogP contribution in [0.1, 0.15) is 29.3 Å². The van der Waals surface area contributed by atoms with E-state index in [4.69, 9.17) is 14.2 Å². The van der Waals surface area contributed by atoms with Crippen molar-refractivity contribution in [1.82, 2.24) is 4.90 Å². The summed E-state index contributed by atoms with van der Waals surface area (Å²) < 4.78 is 15.4. The third-order valence-corrected chi connectivity index (χ3v) is 6.20. The zero-order valence-corrected chi connectivity index (χ0v) is 21.9. The Morgan fingerprint density at radius 1 is 0.897 bits per heavy atom. The number of benzene rings is 3. The molecule has 0 spiro atoms. The third kappa shape index (κ3) is 6.18. The number of nitrogens with zero attached hydrogens (tertiary/aromatic N) is 2. The summed E-state index contributed by atoms with van der Waals surface area (Å²) >= 11 is 0. The first-order chi connectivity index (χ1) is 18.8. The van der Waals surface area contributed by atoms with Crippen LogP contribution in [0.4, 0.5) is 16.2 Å². The molecule has 0 saturated carbocycles. The molecular weight excluding hydrogens is 502 g/mol. The Morgan fingerprint density at radius 2 is 1.59 bits per heavy atom. The number of rotatable bonds is 10. The summed E-state index contributed by atoms with van der Waals surface area (Å²) in [5, 5.41) is 2.74. The molecule has 0 aromatic heterocycles. The van der Waals surface area contributed by atoms with Crippen LogP contribution in [0.2, 0.25) is 0 Å². The van der Waals surface area contributed by atoms with Gasteiger partial charge in [0.2, 0.25) is 5.91 Å². The molecule has 0 radical (unpaired) electrons. The van der Waals surface area contributed by atoms with Crippen molar-refractivity contribution in [3.8, 4) is 11.5 Å². The number of ether oxygens (including phenoxy) is 3. The van der Waals surface area contributed by atoms with Gasteiger partial charge in [0, 0.05) is 18.3 Å². The van der Waals surface area contributed by atoms with Crippen LogP contribution in [0.25, 0.3) is 0 Å². The molecule has 3 aromatic rings. The van der Waals surface area contributed by atoms with E-state index < -0.39 is 29.9 Å². The number of hydrogen-bond acceptors (Lipinski definition) is 7. The van der Waals surface area contributed by atoms with E-state index in [1.165, 1.54) is 12.0 Å². The Bertz CT molecular complexity index is 1360. The lowest BCUT2D eigenvalue weighted by Gasteiger charge is -2.22. The molecular formula is C29H29N3O7.